The molecule has 8 heteroatoms. The molecule has 0 aliphatic heterocycles. The lowest BCUT2D eigenvalue weighted by atomic mass is 10.2. The van der Waals surface area contributed by atoms with Gasteiger partial charge in [-0.3, -0.25) is 9.36 Å². The second-order valence-corrected chi connectivity index (χ2v) is 5.20. The number of ether oxygens (including phenoxy) is 1. The molecule has 0 saturated carbocycles. The Labute approximate surface area is 129 Å². The van der Waals surface area contributed by atoms with Gasteiger partial charge in [-0.25, -0.2) is 8.78 Å². The van der Waals surface area contributed by atoms with Gasteiger partial charge in [0.2, 0.25) is 5.88 Å². The van der Waals surface area contributed by atoms with Crippen molar-refractivity contribution in [3.05, 3.63) is 50.8 Å². The third-order valence-corrected chi connectivity index (χ3v) is 3.23. The monoisotopic (exact) mass is 330 g/mol. The summed E-state index contributed by atoms with van der Waals surface area (Å²) in [7, 11) is 0. The van der Waals surface area contributed by atoms with Crippen LogP contribution in [-0.2, 0) is 6.61 Å². The van der Waals surface area contributed by atoms with Crippen molar-refractivity contribution >= 4 is 11.6 Å². The second kappa shape index (κ2) is 6.31. The van der Waals surface area contributed by atoms with Crippen molar-refractivity contribution in [2.75, 3.05) is 0 Å². The van der Waals surface area contributed by atoms with Gasteiger partial charge in [-0.05, 0) is 26.0 Å². The molecule has 1 N–H and O–H groups in total. The van der Waals surface area contributed by atoms with E-state index in [4.69, 9.17) is 16.3 Å². The average Bonchev–Trinajstić information content (AvgIpc) is 2.42. The van der Waals surface area contributed by atoms with Crippen molar-refractivity contribution in [2.24, 2.45) is 0 Å². The molecule has 0 amide bonds. The van der Waals surface area contributed by atoms with Gasteiger partial charge in [0.15, 0.2) is 5.02 Å². The summed E-state index contributed by atoms with van der Waals surface area (Å²) < 4.78 is 32.5. The van der Waals surface area contributed by atoms with E-state index in [0.29, 0.717) is 6.07 Å². The molecular weight excluding hydrogens is 318 g/mol. The van der Waals surface area contributed by atoms with Gasteiger partial charge in [0, 0.05) is 17.7 Å². The van der Waals surface area contributed by atoms with Crippen LogP contribution in [0.25, 0.3) is 0 Å². The lowest BCUT2D eigenvalue weighted by molar-refractivity contribution is 0.274. The zero-order chi connectivity index (χ0) is 16.4. The van der Waals surface area contributed by atoms with Gasteiger partial charge in [-0.15, -0.1) is 0 Å². The van der Waals surface area contributed by atoms with Crippen LogP contribution in [0.1, 0.15) is 25.5 Å². The Hall–Kier alpha value is -2.15. The summed E-state index contributed by atoms with van der Waals surface area (Å²) in [4.78, 5) is 15.7. The van der Waals surface area contributed by atoms with Gasteiger partial charge < -0.3 is 9.84 Å². The SMILES string of the molecule is CC(C)n1c(O)nc(OCc2ccc(F)cc2F)c(Cl)c1=O. The number of hydrogen-bond donors (Lipinski definition) is 1. The fourth-order valence-electron chi connectivity index (χ4n) is 1.83. The first kappa shape index (κ1) is 16.2. The molecule has 0 fully saturated rings. The smallest absolute Gasteiger partial charge is 0.300 e. The van der Waals surface area contributed by atoms with Crippen LogP contribution >= 0.6 is 11.6 Å². The molecule has 22 heavy (non-hydrogen) atoms. The number of benzene rings is 1. The summed E-state index contributed by atoms with van der Waals surface area (Å²) in [5.74, 6) is -1.82. The number of aromatic hydroxyl groups is 1. The van der Waals surface area contributed by atoms with Gasteiger partial charge >= 0.3 is 0 Å². The van der Waals surface area contributed by atoms with Crippen molar-refractivity contribution < 1.29 is 18.6 Å². The third kappa shape index (κ3) is 3.19. The highest BCUT2D eigenvalue weighted by molar-refractivity contribution is 6.31. The Morgan fingerprint density at radius 3 is 2.68 bits per heavy atom. The van der Waals surface area contributed by atoms with Crippen LogP contribution in [0.5, 0.6) is 11.9 Å². The maximum absolute atomic E-state index is 13.5. The van der Waals surface area contributed by atoms with E-state index in [1.165, 1.54) is 6.07 Å². The van der Waals surface area contributed by atoms with Crippen molar-refractivity contribution in [1.82, 2.24) is 9.55 Å². The quantitative estimate of drug-likeness (QED) is 0.936. The molecule has 2 rings (SSSR count). The minimum atomic E-state index is -0.795. The molecular formula is C14H13ClF2N2O3. The first-order valence-electron chi connectivity index (χ1n) is 6.39. The maximum Gasteiger partial charge on any atom is 0.300 e. The fraction of sp³-hybridized carbons (Fsp3) is 0.286. The highest BCUT2D eigenvalue weighted by Crippen LogP contribution is 2.24. The molecule has 1 heterocycles. The highest BCUT2D eigenvalue weighted by Gasteiger charge is 2.18. The van der Waals surface area contributed by atoms with Crippen molar-refractivity contribution in [1.29, 1.82) is 0 Å². The molecule has 0 saturated heterocycles. The van der Waals surface area contributed by atoms with Crippen LogP contribution in [0.2, 0.25) is 5.02 Å². The van der Waals surface area contributed by atoms with Crippen molar-refractivity contribution in [3.63, 3.8) is 0 Å². The predicted octanol–water partition coefficient (Wildman–Crippen LogP) is 3.04. The molecule has 5 nitrogen and oxygen atoms in total. The molecule has 0 aliphatic carbocycles. The Balaban J connectivity index is 2.29. The minimum absolute atomic E-state index is 0.0618. The lowest BCUT2D eigenvalue weighted by Crippen LogP contribution is -2.24. The molecule has 0 spiro atoms. The number of aromatic nitrogens is 2. The van der Waals surface area contributed by atoms with Crippen molar-refractivity contribution in [2.45, 2.75) is 26.5 Å². The van der Waals surface area contributed by atoms with E-state index >= 15 is 0 Å². The maximum atomic E-state index is 13.5. The lowest BCUT2D eigenvalue weighted by Gasteiger charge is -2.14. The molecule has 1 aromatic carbocycles. The van der Waals surface area contributed by atoms with Gasteiger partial charge in [0.25, 0.3) is 11.6 Å². The van der Waals surface area contributed by atoms with Gasteiger partial charge in [-0.2, -0.15) is 4.98 Å². The van der Waals surface area contributed by atoms with E-state index in [-0.39, 0.29) is 29.1 Å². The Kier molecular flexibility index (Phi) is 4.65. The molecule has 118 valence electrons. The normalized spacial score (nSPS) is 11.0. The Morgan fingerprint density at radius 2 is 2.09 bits per heavy atom. The van der Waals surface area contributed by atoms with Crippen LogP contribution in [0.4, 0.5) is 8.78 Å². The number of rotatable bonds is 4. The van der Waals surface area contributed by atoms with Crippen LogP contribution in [0.3, 0.4) is 0 Å². The van der Waals surface area contributed by atoms with Crippen LogP contribution in [0, 0.1) is 11.6 Å². The van der Waals surface area contributed by atoms with E-state index in [1.54, 1.807) is 13.8 Å². The van der Waals surface area contributed by atoms with E-state index in [9.17, 15) is 18.7 Å². The summed E-state index contributed by atoms with van der Waals surface area (Å²) in [6.07, 6.45) is 0. The summed E-state index contributed by atoms with van der Waals surface area (Å²) in [6, 6.07) is 2.08. The Bertz CT molecular complexity index is 762. The first-order valence-corrected chi connectivity index (χ1v) is 6.76. The van der Waals surface area contributed by atoms with Gasteiger partial charge in [0.1, 0.15) is 18.2 Å². The average molecular weight is 331 g/mol. The second-order valence-electron chi connectivity index (χ2n) is 4.82. The molecule has 0 atom stereocenters. The molecule has 0 aliphatic rings. The molecule has 1 aromatic heterocycles. The largest absolute Gasteiger partial charge is 0.480 e. The zero-order valence-electron chi connectivity index (χ0n) is 11.8. The fourth-order valence-corrected chi connectivity index (χ4v) is 2.02. The van der Waals surface area contributed by atoms with Gasteiger partial charge in [-0.1, -0.05) is 11.6 Å². The topological polar surface area (TPSA) is 64.3 Å². The summed E-state index contributed by atoms with van der Waals surface area (Å²) in [5.41, 5.74) is -0.606. The first-order chi connectivity index (χ1) is 10.3. The summed E-state index contributed by atoms with van der Waals surface area (Å²) in [5, 5.41) is 9.42. The molecule has 0 bridgehead atoms. The van der Waals surface area contributed by atoms with E-state index < -0.39 is 23.2 Å². The van der Waals surface area contributed by atoms with Crippen LogP contribution < -0.4 is 10.3 Å². The van der Waals surface area contributed by atoms with E-state index in [0.717, 1.165) is 10.6 Å². The number of hydrogen-bond acceptors (Lipinski definition) is 4. The summed E-state index contributed by atoms with van der Waals surface area (Å²) in [6.45, 7) is 3.03. The van der Waals surface area contributed by atoms with Gasteiger partial charge in [0.05, 0.1) is 0 Å². The summed E-state index contributed by atoms with van der Waals surface area (Å²) >= 11 is 5.86. The minimum Gasteiger partial charge on any atom is -0.480 e. The van der Waals surface area contributed by atoms with E-state index in [1.807, 2.05) is 0 Å². The molecule has 0 radical (unpaired) electrons. The zero-order valence-corrected chi connectivity index (χ0v) is 12.6. The van der Waals surface area contributed by atoms with Crippen LogP contribution in [-0.4, -0.2) is 14.7 Å². The predicted molar refractivity (Wildman–Crippen MR) is 76.2 cm³/mol. The van der Waals surface area contributed by atoms with E-state index in [2.05, 4.69) is 4.98 Å². The third-order valence-electron chi connectivity index (χ3n) is 2.91. The molecule has 2 aromatic rings. The van der Waals surface area contributed by atoms with Crippen LogP contribution in [0.15, 0.2) is 23.0 Å². The van der Waals surface area contributed by atoms with Crippen molar-refractivity contribution in [3.8, 4) is 11.9 Å². The highest BCUT2D eigenvalue weighted by atomic mass is 35.5. The number of nitrogens with zero attached hydrogens (tertiary/aromatic N) is 2. The standard InChI is InChI=1S/C14H13ClF2N2O3/c1-7(2)19-13(20)11(15)12(18-14(19)21)22-6-8-3-4-9(16)5-10(8)17/h3-5,7H,6H2,1-2H3,(H,18,21). The number of halogens is 3. The molecule has 0 unspecified atom stereocenters. The Morgan fingerprint density at radius 1 is 1.41 bits per heavy atom.